The minimum absolute atomic E-state index is 0.0664. The first-order valence-corrected chi connectivity index (χ1v) is 9.62. The van der Waals surface area contributed by atoms with Crippen LogP contribution in [0.15, 0.2) is 59.1 Å². The highest BCUT2D eigenvalue weighted by Gasteiger charge is 2.43. The molecule has 2 aromatic carbocycles. The second kappa shape index (κ2) is 9.55. The Morgan fingerprint density at radius 2 is 1.65 bits per heavy atom. The van der Waals surface area contributed by atoms with Gasteiger partial charge in [-0.1, -0.05) is 53.7 Å². The second-order valence-corrected chi connectivity index (χ2v) is 7.01. The van der Waals surface area contributed by atoms with Crippen LogP contribution in [0.5, 0.6) is 0 Å². The largest absolute Gasteiger partial charge is 0.466 e. The zero-order chi connectivity index (χ0) is 22.4. The van der Waals surface area contributed by atoms with E-state index in [9.17, 15) is 9.59 Å². The molecular formula is C23H24N2O6. The summed E-state index contributed by atoms with van der Waals surface area (Å²) < 4.78 is 15.5. The summed E-state index contributed by atoms with van der Waals surface area (Å²) in [6.45, 7) is 1.28. The van der Waals surface area contributed by atoms with Crippen molar-refractivity contribution in [2.24, 2.45) is 0 Å². The highest BCUT2D eigenvalue weighted by atomic mass is 16.6. The van der Waals surface area contributed by atoms with Gasteiger partial charge in [0.05, 0.1) is 20.3 Å². The fourth-order valence-electron chi connectivity index (χ4n) is 3.02. The number of aliphatic hydroxyl groups is 1. The number of aromatic nitrogens is 1. The van der Waals surface area contributed by atoms with E-state index in [2.05, 4.69) is 10.5 Å². The highest BCUT2D eigenvalue weighted by Crippen LogP contribution is 2.26. The number of rotatable bonds is 8. The predicted octanol–water partition coefficient (Wildman–Crippen LogP) is 2.70. The number of ether oxygens (including phenoxy) is 2. The van der Waals surface area contributed by atoms with Gasteiger partial charge in [0, 0.05) is 18.7 Å². The monoisotopic (exact) mass is 424 g/mol. The molecule has 162 valence electrons. The summed E-state index contributed by atoms with van der Waals surface area (Å²) in [7, 11) is 2.64. The fourth-order valence-corrected chi connectivity index (χ4v) is 3.02. The summed E-state index contributed by atoms with van der Waals surface area (Å²) >= 11 is 0. The molecule has 1 heterocycles. The van der Waals surface area contributed by atoms with Gasteiger partial charge >= 0.3 is 5.97 Å². The third kappa shape index (κ3) is 4.82. The van der Waals surface area contributed by atoms with Gasteiger partial charge in [0.2, 0.25) is 5.60 Å². The first-order chi connectivity index (χ1) is 14.9. The van der Waals surface area contributed by atoms with Crippen LogP contribution < -0.4 is 5.32 Å². The fraction of sp³-hybridized carbons (Fsp3) is 0.261. The summed E-state index contributed by atoms with van der Waals surface area (Å²) in [5, 5.41) is 15.3. The van der Waals surface area contributed by atoms with E-state index in [1.165, 1.54) is 21.1 Å². The maximum atomic E-state index is 12.1. The van der Waals surface area contributed by atoms with Crippen LogP contribution in [0, 0.1) is 0 Å². The molecule has 0 spiro atoms. The van der Waals surface area contributed by atoms with Crippen LogP contribution >= 0.6 is 0 Å². The number of esters is 1. The van der Waals surface area contributed by atoms with Crippen molar-refractivity contribution >= 4 is 11.9 Å². The molecule has 1 unspecified atom stereocenters. The number of benzene rings is 2. The Bertz CT molecular complexity index is 1020. The third-order valence-electron chi connectivity index (χ3n) is 4.94. The molecule has 0 aliphatic heterocycles. The number of hydrogen-bond donors (Lipinski definition) is 2. The van der Waals surface area contributed by atoms with Crippen LogP contribution in [0.25, 0.3) is 22.5 Å². The first-order valence-electron chi connectivity index (χ1n) is 9.62. The van der Waals surface area contributed by atoms with Crippen LogP contribution in [0.2, 0.25) is 0 Å². The number of nitrogens with one attached hydrogen (secondary N) is 1. The van der Waals surface area contributed by atoms with Crippen molar-refractivity contribution in [1.29, 1.82) is 0 Å². The van der Waals surface area contributed by atoms with Gasteiger partial charge in [-0.2, -0.15) is 0 Å². The van der Waals surface area contributed by atoms with Crippen molar-refractivity contribution in [1.82, 2.24) is 10.5 Å². The number of methoxy groups -OCH3 is 1. The number of amides is 1. The topological polar surface area (TPSA) is 111 Å². The molecule has 3 rings (SSSR count). The van der Waals surface area contributed by atoms with Gasteiger partial charge in [-0.25, -0.2) is 4.79 Å². The average molecular weight is 424 g/mol. The van der Waals surface area contributed by atoms with Gasteiger partial charge in [-0.15, -0.1) is 0 Å². The normalized spacial score (nSPS) is 12.8. The van der Waals surface area contributed by atoms with Gasteiger partial charge in [0.1, 0.15) is 5.69 Å². The van der Waals surface area contributed by atoms with E-state index in [-0.39, 0.29) is 13.2 Å². The van der Waals surface area contributed by atoms with Gasteiger partial charge in [0.25, 0.3) is 5.91 Å². The zero-order valence-electron chi connectivity index (χ0n) is 17.5. The second-order valence-electron chi connectivity index (χ2n) is 7.01. The molecule has 8 heteroatoms. The summed E-state index contributed by atoms with van der Waals surface area (Å²) in [6, 6.07) is 17.1. The smallest absolute Gasteiger partial charge is 0.347 e. The molecule has 2 N–H and O–H groups in total. The van der Waals surface area contributed by atoms with Crippen molar-refractivity contribution in [2.45, 2.75) is 25.7 Å². The highest BCUT2D eigenvalue weighted by molar-refractivity contribution is 6.05. The van der Waals surface area contributed by atoms with E-state index in [1.54, 1.807) is 6.07 Å². The molecule has 1 atom stereocenters. The van der Waals surface area contributed by atoms with Crippen molar-refractivity contribution < 1.29 is 28.7 Å². The molecule has 0 bridgehead atoms. The zero-order valence-corrected chi connectivity index (χ0v) is 17.5. The third-order valence-corrected chi connectivity index (χ3v) is 4.94. The minimum atomic E-state index is -1.73. The van der Waals surface area contributed by atoms with E-state index >= 15 is 0 Å². The Hall–Kier alpha value is -3.49. The summed E-state index contributed by atoms with van der Waals surface area (Å²) in [5.41, 5.74) is 2.41. The van der Waals surface area contributed by atoms with Crippen LogP contribution in [-0.2, 0) is 32.3 Å². The van der Waals surface area contributed by atoms with Gasteiger partial charge in [0.15, 0.2) is 5.76 Å². The molecule has 0 saturated carbocycles. The van der Waals surface area contributed by atoms with Gasteiger partial charge in [-0.05, 0) is 23.6 Å². The number of aliphatic hydroxyl groups excluding tert-OH is 1. The standard InChI is InChI=1S/C23H24N2O6/c1-23(21(27)24-2,22(28)29-3)30-14-15-4-6-16(7-5-15)17-8-10-18(11-9-17)20-12-19(13-26)25-31-20/h4-12,26H,13-14H2,1-3H3,(H,24,27). The molecule has 31 heavy (non-hydrogen) atoms. The van der Waals surface area contributed by atoms with Gasteiger partial charge < -0.3 is 24.4 Å². The quantitative estimate of drug-likeness (QED) is 0.422. The summed E-state index contributed by atoms with van der Waals surface area (Å²) in [6.07, 6.45) is 0. The Kier molecular flexibility index (Phi) is 6.84. The number of nitrogens with zero attached hydrogens (tertiary/aromatic N) is 1. The van der Waals surface area contributed by atoms with Crippen molar-refractivity contribution in [3.8, 4) is 22.5 Å². The molecule has 0 fully saturated rings. The van der Waals surface area contributed by atoms with Crippen LogP contribution in [-0.4, -0.2) is 41.9 Å². The Morgan fingerprint density at radius 1 is 1.06 bits per heavy atom. The maximum Gasteiger partial charge on any atom is 0.347 e. The first kappa shape index (κ1) is 22.2. The van der Waals surface area contributed by atoms with Gasteiger partial charge in [-0.3, -0.25) is 4.79 Å². The molecule has 0 aliphatic rings. The molecule has 3 aromatic rings. The Balaban J connectivity index is 1.69. The molecule has 1 aromatic heterocycles. The lowest BCUT2D eigenvalue weighted by Crippen LogP contribution is -2.52. The predicted molar refractivity (Wildman–Crippen MR) is 113 cm³/mol. The van der Waals surface area contributed by atoms with Crippen LogP contribution in [0.1, 0.15) is 18.2 Å². The summed E-state index contributed by atoms with van der Waals surface area (Å²) in [4.78, 5) is 24.1. The Labute approximate surface area is 179 Å². The van der Waals surface area contributed by atoms with E-state index in [1.807, 2.05) is 48.5 Å². The SMILES string of the molecule is CNC(=O)C(C)(OCc1ccc(-c2ccc(-c3cc(CO)no3)cc2)cc1)C(=O)OC. The number of hydrogen-bond acceptors (Lipinski definition) is 7. The lowest BCUT2D eigenvalue weighted by Gasteiger charge is -2.25. The van der Waals surface area contributed by atoms with Crippen LogP contribution in [0.3, 0.4) is 0 Å². The average Bonchev–Trinajstić information content (AvgIpc) is 3.31. The van der Waals surface area contributed by atoms with E-state index in [0.717, 1.165) is 22.3 Å². The van der Waals surface area contributed by atoms with Crippen LogP contribution in [0.4, 0.5) is 0 Å². The molecule has 0 radical (unpaired) electrons. The van der Waals surface area contributed by atoms with Crippen molar-refractivity contribution in [2.75, 3.05) is 14.2 Å². The molecule has 1 amide bonds. The molecule has 8 nitrogen and oxygen atoms in total. The number of carbonyl (C=O) groups excluding carboxylic acids is 2. The molecule has 0 saturated heterocycles. The Morgan fingerprint density at radius 3 is 2.16 bits per heavy atom. The molecular weight excluding hydrogens is 400 g/mol. The minimum Gasteiger partial charge on any atom is -0.466 e. The number of carbonyl (C=O) groups is 2. The number of likely N-dealkylation sites (N-methyl/N-ethyl adjacent to an activating group) is 1. The summed E-state index contributed by atoms with van der Waals surface area (Å²) in [5.74, 6) is -0.747. The van der Waals surface area contributed by atoms with E-state index in [0.29, 0.717) is 11.5 Å². The van der Waals surface area contributed by atoms with E-state index in [4.69, 9.17) is 19.1 Å². The van der Waals surface area contributed by atoms with Crippen molar-refractivity contribution in [3.05, 3.63) is 65.9 Å². The lowest BCUT2D eigenvalue weighted by molar-refractivity contribution is -0.175. The molecule has 0 aliphatic carbocycles. The van der Waals surface area contributed by atoms with E-state index < -0.39 is 17.5 Å². The maximum absolute atomic E-state index is 12.1. The lowest BCUT2D eigenvalue weighted by atomic mass is 10.0. The van der Waals surface area contributed by atoms with Crippen molar-refractivity contribution in [3.63, 3.8) is 0 Å².